The molecule has 0 amide bonds. The number of hydrogen-bond acceptors (Lipinski definition) is 5. The van der Waals surface area contributed by atoms with Gasteiger partial charge in [-0.25, -0.2) is 14.6 Å². The fourth-order valence-electron chi connectivity index (χ4n) is 2.97. The predicted octanol–water partition coefficient (Wildman–Crippen LogP) is 6.85. The largest absolute Gasteiger partial charge is 0.421 e. The third kappa shape index (κ3) is 5.09. The van der Waals surface area contributed by atoms with Crippen molar-refractivity contribution in [2.75, 3.05) is 0 Å². The topological polar surface area (TPSA) is 65.0 Å². The van der Waals surface area contributed by atoms with Gasteiger partial charge in [0.1, 0.15) is 0 Å². The number of aryl methyl sites for hydroxylation is 1. The minimum atomic E-state index is -0.537. The molecule has 0 saturated heterocycles. The number of carbonyl (C=O) groups is 2. The molecule has 5 nitrogen and oxygen atoms in total. The average molecular weight is 620 g/mol. The van der Waals surface area contributed by atoms with Crippen LogP contribution < -0.4 is 4.74 Å². The van der Waals surface area contributed by atoms with Crippen molar-refractivity contribution in [2.24, 2.45) is 4.99 Å². The van der Waals surface area contributed by atoms with Gasteiger partial charge in [0.15, 0.2) is 11.4 Å². The first-order valence-corrected chi connectivity index (χ1v) is 11.7. The highest BCUT2D eigenvalue weighted by Crippen LogP contribution is 2.36. The number of carbonyl (C=O) groups excluding carboxylic acids is 2. The van der Waals surface area contributed by atoms with Crippen LogP contribution in [0.3, 0.4) is 0 Å². The zero-order valence-electron chi connectivity index (χ0n) is 16.6. The molecule has 1 heterocycles. The number of cyclic esters (lactones) is 1. The fourth-order valence-corrected chi connectivity index (χ4v) is 4.62. The second-order valence-electron chi connectivity index (χ2n) is 6.92. The fraction of sp³-hybridized carbons (Fsp3) is 0.0417. The summed E-state index contributed by atoms with van der Waals surface area (Å²) < 4.78 is 12.9. The lowest BCUT2D eigenvalue weighted by atomic mass is 10.1. The van der Waals surface area contributed by atoms with Crippen LogP contribution >= 0.6 is 47.8 Å². The van der Waals surface area contributed by atoms with Crippen LogP contribution in [0.2, 0.25) is 0 Å². The van der Waals surface area contributed by atoms with E-state index in [-0.39, 0.29) is 11.6 Å². The zero-order valence-corrected chi connectivity index (χ0v) is 21.3. The van der Waals surface area contributed by atoms with E-state index in [4.69, 9.17) is 9.47 Å². The van der Waals surface area contributed by atoms with E-state index in [0.29, 0.717) is 31.4 Å². The Bertz CT molecular complexity index is 1270. The number of benzene rings is 3. The van der Waals surface area contributed by atoms with Crippen LogP contribution in [-0.4, -0.2) is 17.8 Å². The Labute approximate surface area is 209 Å². The van der Waals surface area contributed by atoms with Gasteiger partial charge in [0, 0.05) is 10.0 Å². The van der Waals surface area contributed by atoms with Crippen LogP contribution in [0.15, 0.2) is 84.8 Å². The molecule has 0 aliphatic carbocycles. The van der Waals surface area contributed by atoms with Gasteiger partial charge in [-0.2, -0.15) is 0 Å². The van der Waals surface area contributed by atoms with Crippen molar-refractivity contribution in [3.8, 4) is 5.75 Å². The minimum Gasteiger partial charge on any atom is -0.421 e. The maximum Gasteiger partial charge on any atom is 0.363 e. The average Bonchev–Trinajstić information content (AvgIpc) is 3.11. The first kappa shape index (κ1) is 22.6. The summed E-state index contributed by atoms with van der Waals surface area (Å²) in [4.78, 5) is 29.1. The first-order chi connectivity index (χ1) is 15.3. The molecule has 0 unspecified atom stereocenters. The predicted molar refractivity (Wildman–Crippen MR) is 133 cm³/mol. The van der Waals surface area contributed by atoms with Crippen LogP contribution in [0, 0.1) is 6.92 Å². The highest BCUT2D eigenvalue weighted by molar-refractivity contribution is 9.11. The molecule has 0 N–H and O–H groups in total. The summed E-state index contributed by atoms with van der Waals surface area (Å²) in [6.45, 7) is 1.91. The Kier molecular flexibility index (Phi) is 6.74. The van der Waals surface area contributed by atoms with Crippen LogP contribution in [-0.2, 0) is 9.53 Å². The van der Waals surface area contributed by atoms with E-state index in [1.54, 1.807) is 36.4 Å². The van der Waals surface area contributed by atoms with Crippen molar-refractivity contribution in [1.82, 2.24) is 0 Å². The smallest absolute Gasteiger partial charge is 0.363 e. The molecule has 160 valence electrons. The quantitative estimate of drug-likeness (QED) is 0.182. The lowest BCUT2D eigenvalue weighted by Gasteiger charge is -2.10. The van der Waals surface area contributed by atoms with E-state index in [1.165, 1.54) is 0 Å². The molecule has 0 radical (unpaired) electrons. The molecule has 0 fully saturated rings. The van der Waals surface area contributed by atoms with Gasteiger partial charge >= 0.3 is 11.9 Å². The third-order valence-electron chi connectivity index (χ3n) is 4.48. The van der Waals surface area contributed by atoms with Crippen molar-refractivity contribution in [2.45, 2.75) is 6.92 Å². The normalized spacial score (nSPS) is 14.3. The van der Waals surface area contributed by atoms with Gasteiger partial charge in [0.25, 0.3) is 0 Å². The SMILES string of the molecule is Cc1cccc(C(=O)Oc2c(Br)cc(/C=C3\N=C(c4ccc(Br)cc4)OC3=O)cc2Br)c1. The first-order valence-electron chi connectivity index (χ1n) is 9.36. The van der Waals surface area contributed by atoms with E-state index in [9.17, 15) is 9.59 Å². The molecule has 3 aromatic carbocycles. The van der Waals surface area contributed by atoms with Gasteiger partial charge in [-0.15, -0.1) is 0 Å². The lowest BCUT2D eigenvalue weighted by molar-refractivity contribution is -0.129. The van der Waals surface area contributed by atoms with Gasteiger partial charge in [-0.1, -0.05) is 33.6 Å². The Hall–Kier alpha value is -2.55. The Morgan fingerprint density at radius 1 is 1.00 bits per heavy atom. The van der Waals surface area contributed by atoms with Crippen molar-refractivity contribution in [3.05, 3.63) is 102 Å². The summed E-state index contributed by atoms with van der Waals surface area (Å²) in [5.74, 6) is -0.420. The summed E-state index contributed by atoms with van der Waals surface area (Å²) in [6, 6.07) is 17.9. The Morgan fingerprint density at radius 3 is 2.34 bits per heavy atom. The van der Waals surface area contributed by atoms with Gasteiger partial charge in [0.05, 0.1) is 14.5 Å². The Morgan fingerprint density at radius 2 is 1.69 bits per heavy atom. The summed E-state index contributed by atoms with van der Waals surface area (Å²) >= 11 is 10.3. The van der Waals surface area contributed by atoms with Gasteiger partial charge in [0.2, 0.25) is 5.90 Å². The second-order valence-corrected chi connectivity index (χ2v) is 9.54. The maximum absolute atomic E-state index is 12.5. The van der Waals surface area contributed by atoms with E-state index in [1.807, 2.05) is 37.3 Å². The monoisotopic (exact) mass is 617 g/mol. The molecule has 4 rings (SSSR count). The number of esters is 2. The molecule has 8 heteroatoms. The lowest BCUT2D eigenvalue weighted by Crippen LogP contribution is -2.09. The van der Waals surface area contributed by atoms with Crippen molar-refractivity contribution in [1.29, 1.82) is 0 Å². The van der Waals surface area contributed by atoms with Crippen LogP contribution in [0.25, 0.3) is 6.08 Å². The summed E-state index contributed by atoms with van der Waals surface area (Å²) in [5, 5.41) is 0. The highest BCUT2D eigenvalue weighted by Gasteiger charge is 2.24. The van der Waals surface area contributed by atoms with Crippen molar-refractivity contribution < 1.29 is 19.1 Å². The van der Waals surface area contributed by atoms with Crippen molar-refractivity contribution >= 4 is 71.7 Å². The summed E-state index contributed by atoms with van der Waals surface area (Å²) in [5.41, 5.74) is 2.97. The van der Waals surface area contributed by atoms with Gasteiger partial charge < -0.3 is 9.47 Å². The second kappa shape index (κ2) is 9.52. The van der Waals surface area contributed by atoms with Crippen molar-refractivity contribution in [3.63, 3.8) is 0 Å². The summed E-state index contributed by atoms with van der Waals surface area (Å²) in [6.07, 6.45) is 1.61. The van der Waals surface area contributed by atoms with E-state index < -0.39 is 11.9 Å². The molecular weight excluding hydrogens is 606 g/mol. The number of hydrogen-bond donors (Lipinski definition) is 0. The minimum absolute atomic E-state index is 0.172. The van der Waals surface area contributed by atoms with Crippen LogP contribution in [0.1, 0.15) is 27.0 Å². The molecule has 1 aliphatic heterocycles. The molecule has 0 bridgehead atoms. The van der Waals surface area contributed by atoms with Crippen LogP contribution in [0.4, 0.5) is 0 Å². The van der Waals surface area contributed by atoms with Gasteiger partial charge in [-0.05, 0) is 99.0 Å². The molecular formula is C24H14Br3NO4. The van der Waals surface area contributed by atoms with Crippen LogP contribution in [0.5, 0.6) is 5.75 Å². The number of halogens is 3. The maximum atomic E-state index is 12.5. The molecule has 0 saturated carbocycles. The number of rotatable bonds is 4. The molecule has 3 aromatic rings. The third-order valence-corrected chi connectivity index (χ3v) is 6.19. The number of ether oxygens (including phenoxy) is 2. The summed E-state index contributed by atoms with van der Waals surface area (Å²) in [7, 11) is 0. The zero-order chi connectivity index (χ0) is 22.8. The molecule has 0 atom stereocenters. The molecule has 1 aliphatic rings. The standard InChI is InChI=1S/C24H14Br3NO4/c1-13-3-2-4-16(9-13)23(29)31-21-18(26)10-14(11-19(21)27)12-20-24(30)32-22(28-20)15-5-7-17(25)8-6-15/h2-12H,1H3/b20-12-. The Balaban J connectivity index is 1.59. The number of aliphatic imine (C=N–C) groups is 1. The molecule has 0 spiro atoms. The van der Waals surface area contributed by atoms with Gasteiger partial charge in [-0.3, -0.25) is 0 Å². The van der Waals surface area contributed by atoms with E-state index in [2.05, 4.69) is 52.8 Å². The highest BCUT2D eigenvalue weighted by atomic mass is 79.9. The molecule has 32 heavy (non-hydrogen) atoms. The van der Waals surface area contributed by atoms with E-state index >= 15 is 0 Å². The van der Waals surface area contributed by atoms with E-state index in [0.717, 1.165) is 10.0 Å². The molecule has 0 aromatic heterocycles. The number of nitrogens with zero attached hydrogens (tertiary/aromatic N) is 1.